The van der Waals surface area contributed by atoms with Gasteiger partial charge in [0.1, 0.15) is 18.8 Å². The highest BCUT2D eigenvalue weighted by Crippen LogP contribution is 2.07. The Morgan fingerprint density at radius 3 is 2.27 bits per heavy atom. The number of carbonyl (C=O) groups is 2. The zero-order valence-corrected chi connectivity index (χ0v) is 14.2. The molecule has 0 fully saturated rings. The lowest BCUT2D eigenvalue weighted by molar-refractivity contribution is -0.790. The van der Waals surface area contributed by atoms with Crippen LogP contribution >= 0.6 is 0 Å². The zero-order chi connectivity index (χ0) is 20.1. The zero-order valence-electron chi connectivity index (χ0n) is 14.2. The lowest BCUT2D eigenvalue weighted by Gasteiger charge is -2.15. The van der Waals surface area contributed by atoms with Crippen LogP contribution in [-0.2, 0) is 28.7 Å². The molecule has 3 unspecified atom stereocenters. The Morgan fingerprint density at radius 2 is 1.73 bits per heavy atom. The molecule has 14 nitrogen and oxygen atoms in total. The summed E-state index contributed by atoms with van der Waals surface area (Å²) < 4.78 is 14.1. The molecule has 0 radical (unpaired) electrons. The molecule has 0 heterocycles. The molecule has 0 aliphatic rings. The molecule has 0 rings (SSSR count). The van der Waals surface area contributed by atoms with Crippen molar-refractivity contribution in [2.75, 3.05) is 13.2 Å². The number of nitrogens with zero attached hydrogens (tertiary/aromatic N) is 2. The topological polar surface area (TPSA) is 193 Å². The van der Waals surface area contributed by atoms with Gasteiger partial charge in [0.15, 0.2) is 0 Å². The van der Waals surface area contributed by atoms with Gasteiger partial charge in [-0.2, -0.15) is 0 Å². The van der Waals surface area contributed by atoms with Crippen LogP contribution in [0, 0.1) is 20.2 Å². The standard InChI is InChI=1S/C12H21N3O11/c1-8(13)11(16)24-9(2)25-12(17)22-6-4-3-5-10(26-15(20)21)7-23-14(18)19/h8-10H,3-7,13H2,1-2H3. The van der Waals surface area contributed by atoms with Gasteiger partial charge in [-0.05, 0) is 26.2 Å². The van der Waals surface area contributed by atoms with Gasteiger partial charge in [-0.1, -0.05) is 0 Å². The molecule has 0 saturated heterocycles. The molecule has 26 heavy (non-hydrogen) atoms. The third kappa shape index (κ3) is 12.5. The minimum absolute atomic E-state index is 0.0651. The van der Waals surface area contributed by atoms with E-state index in [1.807, 2.05) is 0 Å². The number of hydrogen-bond donors (Lipinski definition) is 1. The van der Waals surface area contributed by atoms with Crippen LogP contribution in [0.3, 0.4) is 0 Å². The predicted molar refractivity (Wildman–Crippen MR) is 80.3 cm³/mol. The van der Waals surface area contributed by atoms with Gasteiger partial charge in [-0.3, -0.25) is 4.79 Å². The van der Waals surface area contributed by atoms with E-state index in [0.29, 0.717) is 6.42 Å². The highest BCUT2D eigenvalue weighted by molar-refractivity contribution is 5.75. The summed E-state index contributed by atoms with van der Waals surface area (Å²) in [7, 11) is 0. The van der Waals surface area contributed by atoms with Crippen molar-refractivity contribution in [1.29, 1.82) is 0 Å². The van der Waals surface area contributed by atoms with Gasteiger partial charge < -0.3 is 29.6 Å². The molecule has 150 valence electrons. The van der Waals surface area contributed by atoms with E-state index in [2.05, 4.69) is 19.1 Å². The number of carbonyl (C=O) groups excluding carboxylic acids is 2. The summed E-state index contributed by atoms with van der Waals surface area (Å²) in [5.74, 6) is -0.751. The van der Waals surface area contributed by atoms with Crippen molar-refractivity contribution in [3.63, 3.8) is 0 Å². The molecule has 14 heteroatoms. The molecule has 2 N–H and O–H groups in total. The minimum Gasteiger partial charge on any atom is -0.434 e. The van der Waals surface area contributed by atoms with E-state index in [0.717, 1.165) is 0 Å². The fourth-order valence-corrected chi connectivity index (χ4v) is 1.53. The first kappa shape index (κ1) is 23.1. The monoisotopic (exact) mass is 383 g/mol. The van der Waals surface area contributed by atoms with Gasteiger partial charge in [0.25, 0.3) is 10.2 Å². The third-order valence-electron chi connectivity index (χ3n) is 2.66. The Labute approximate surface area is 147 Å². The molecule has 0 aromatic carbocycles. The molecule has 0 bridgehead atoms. The van der Waals surface area contributed by atoms with Crippen LogP contribution in [0.5, 0.6) is 0 Å². The van der Waals surface area contributed by atoms with Gasteiger partial charge >= 0.3 is 12.1 Å². The maximum absolute atomic E-state index is 11.3. The van der Waals surface area contributed by atoms with Crippen molar-refractivity contribution in [3.8, 4) is 0 Å². The fraction of sp³-hybridized carbons (Fsp3) is 0.833. The van der Waals surface area contributed by atoms with E-state index in [1.54, 1.807) is 0 Å². The van der Waals surface area contributed by atoms with Crippen LogP contribution in [0.25, 0.3) is 0 Å². The summed E-state index contributed by atoms with van der Waals surface area (Å²) in [6, 6.07) is -0.870. The predicted octanol–water partition coefficient (Wildman–Crippen LogP) is 0.332. The first-order chi connectivity index (χ1) is 12.1. The normalized spacial score (nSPS) is 13.7. The second kappa shape index (κ2) is 12.5. The molecule has 0 aromatic heterocycles. The summed E-state index contributed by atoms with van der Waals surface area (Å²) in [6.07, 6.45) is -2.75. The van der Waals surface area contributed by atoms with Crippen molar-refractivity contribution in [2.45, 2.75) is 51.5 Å². The second-order valence-corrected chi connectivity index (χ2v) is 4.98. The van der Waals surface area contributed by atoms with E-state index in [9.17, 15) is 29.8 Å². The number of rotatable bonds is 13. The quantitative estimate of drug-likeness (QED) is 0.151. The van der Waals surface area contributed by atoms with Crippen molar-refractivity contribution in [2.24, 2.45) is 5.73 Å². The molecule has 0 amide bonds. The van der Waals surface area contributed by atoms with Gasteiger partial charge in [0, 0.05) is 6.92 Å². The number of unbranched alkanes of at least 4 members (excludes halogenated alkanes) is 1. The third-order valence-corrected chi connectivity index (χ3v) is 2.66. The van der Waals surface area contributed by atoms with E-state index >= 15 is 0 Å². The summed E-state index contributed by atoms with van der Waals surface area (Å²) in [6.45, 7) is 2.02. The van der Waals surface area contributed by atoms with Crippen molar-refractivity contribution in [1.82, 2.24) is 0 Å². The van der Waals surface area contributed by atoms with Crippen LogP contribution in [0.1, 0.15) is 33.1 Å². The number of ether oxygens (including phenoxy) is 3. The molecular weight excluding hydrogens is 362 g/mol. The lowest BCUT2D eigenvalue weighted by atomic mass is 10.2. The summed E-state index contributed by atoms with van der Waals surface area (Å²) >= 11 is 0. The highest BCUT2D eigenvalue weighted by Gasteiger charge is 2.18. The Hall–Kier alpha value is -2.90. The second-order valence-electron chi connectivity index (χ2n) is 4.98. The Morgan fingerprint density at radius 1 is 1.08 bits per heavy atom. The SMILES string of the molecule is CC(OC(=O)OCCCCC(CO[N+](=O)[O-])O[N+](=O)[O-])OC(=O)C(C)N. The van der Waals surface area contributed by atoms with Crippen molar-refractivity contribution in [3.05, 3.63) is 20.2 Å². The van der Waals surface area contributed by atoms with Crippen molar-refractivity contribution >= 4 is 12.1 Å². The molecule has 0 saturated carbocycles. The first-order valence-electron chi connectivity index (χ1n) is 7.49. The van der Waals surface area contributed by atoms with Gasteiger partial charge in [0.2, 0.25) is 6.29 Å². The first-order valence-corrected chi connectivity index (χ1v) is 7.49. The molecule has 0 aliphatic carbocycles. The largest absolute Gasteiger partial charge is 0.511 e. The highest BCUT2D eigenvalue weighted by atomic mass is 17.0. The number of hydrogen-bond acceptors (Lipinski definition) is 12. The Bertz CT molecular complexity index is 485. The summed E-state index contributed by atoms with van der Waals surface area (Å²) in [5, 5.41) is 18.2. The number of esters is 1. The van der Waals surface area contributed by atoms with Gasteiger partial charge in [0.05, 0.1) is 6.61 Å². The van der Waals surface area contributed by atoms with Gasteiger partial charge in [-0.25, -0.2) is 4.79 Å². The Balaban J connectivity index is 3.97. The van der Waals surface area contributed by atoms with Crippen LogP contribution in [-0.4, -0.2) is 53.9 Å². The van der Waals surface area contributed by atoms with Crippen LogP contribution in [0.2, 0.25) is 0 Å². The number of nitrogens with two attached hydrogens (primary N) is 1. The minimum atomic E-state index is -1.18. The Kier molecular flexibility index (Phi) is 11.1. The van der Waals surface area contributed by atoms with Crippen molar-refractivity contribution < 1.29 is 43.6 Å². The average Bonchev–Trinajstić information content (AvgIpc) is 2.50. The van der Waals surface area contributed by atoms with Crippen LogP contribution in [0.15, 0.2) is 0 Å². The molecule has 0 aliphatic heterocycles. The average molecular weight is 383 g/mol. The fourth-order valence-electron chi connectivity index (χ4n) is 1.53. The maximum Gasteiger partial charge on any atom is 0.511 e. The van der Waals surface area contributed by atoms with E-state index in [4.69, 9.17) is 10.5 Å². The van der Waals surface area contributed by atoms with Crippen LogP contribution < -0.4 is 5.73 Å². The van der Waals surface area contributed by atoms with E-state index in [1.165, 1.54) is 13.8 Å². The molecule has 0 aromatic rings. The maximum atomic E-state index is 11.3. The van der Waals surface area contributed by atoms with Gasteiger partial charge in [-0.15, -0.1) is 20.2 Å². The van der Waals surface area contributed by atoms with E-state index < -0.39 is 47.3 Å². The summed E-state index contributed by atoms with van der Waals surface area (Å²) in [4.78, 5) is 51.2. The smallest absolute Gasteiger partial charge is 0.434 e. The lowest BCUT2D eigenvalue weighted by Crippen LogP contribution is -2.33. The van der Waals surface area contributed by atoms with Crippen LogP contribution in [0.4, 0.5) is 4.79 Å². The molecule has 0 spiro atoms. The molecular formula is C12H21N3O11. The van der Waals surface area contributed by atoms with E-state index in [-0.39, 0.29) is 19.4 Å². The summed E-state index contributed by atoms with van der Waals surface area (Å²) in [5.41, 5.74) is 5.28. The molecule has 3 atom stereocenters.